The number of rotatable bonds is 3. The van der Waals surface area contributed by atoms with Gasteiger partial charge in [0.25, 0.3) is 0 Å². The molecular weight excluding hydrogens is 234 g/mol. The van der Waals surface area contributed by atoms with Crippen LogP contribution in [0.4, 0.5) is 5.69 Å². The molecule has 0 bridgehead atoms. The van der Waals surface area contributed by atoms with Crippen molar-refractivity contribution in [3.63, 3.8) is 0 Å². The molecule has 0 aliphatic carbocycles. The van der Waals surface area contributed by atoms with Crippen LogP contribution in [0.3, 0.4) is 0 Å². The van der Waals surface area contributed by atoms with E-state index >= 15 is 0 Å². The van der Waals surface area contributed by atoms with Crippen molar-refractivity contribution >= 4 is 5.69 Å². The minimum atomic E-state index is -0.595. The van der Waals surface area contributed by atoms with Gasteiger partial charge in [-0.2, -0.15) is 0 Å². The van der Waals surface area contributed by atoms with E-state index in [0.29, 0.717) is 24.7 Å². The number of hydrogen-bond donors (Lipinski definition) is 2. The molecule has 0 saturated carbocycles. The van der Waals surface area contributed by atoms with Crippen LogP contribution in [0.5, 0.6) is 11.5 Å². The highest BCUT2D eigenvalue weighted by molar-refractivity contribution is 5.55. The third-order valence-corrected chi connectivity index (χ3v) is 2.75. The van der Waals surface area contributed by atoms with E-state index in [9.17, 15) is 5.11 Å². The lowest BCUT2D eigenvalue weighted by Crippen LogP contribution is -2.37. The zero-order valence-electron chi connectivity index (χ0n) is 10.9. The second kappa shape index (κ2) is 4.33. The van der Waals surface area contributed by atoms with Gasteiger partial charge in [-0.3, -0.25) is 0 Å². The van der Waals surface area contributed by atoms with Crippen molar-refractivity contribution in [2.24, 2.45) is 0 Å². The molecule has 1 saturated heterocycles. The molecule has 5 heteroatoms. The largest absolute Gasteiger partial charge is 0.508 e. The van der Waals surface area contributed by atoms with Gasteiger partial charge in [0.15, 0.2) is 5.79 Å². The van der Waals surface area contributed by atoms with E-state index in [-0.39, 0.29) is 5.75 Å². The van der Waals surface area contributed by atoms with Crippen molar-refractivity contribution in [2.75, 3.05) is 18.9 Å². The monoisotopic (exact) mass is 253 g/mol. The Hall–Kier alpha value is -1.46. The van der Waals surface area contributed by atoms with Crippen LogP contribution in [-0.4, -0.2) is 29.7 Å². The molecule has 3 N–H and O–H groups in total. The van der Waals surface area contributed by atoms with Crippen LogP contribution in [0.15, 0.2) is 18.2 Å². The Morgan fingerprint density at radius 1 is 1.39 bits per heavy atom. The Balaban J connectivity index is 2.02. The molecule has 1 aromatic carbocycles. The third-order valence-electron chi connectivity index (χ3n) is 2.75. The van der Waals surface area contributed by atoms with Crippen LogP contribution in [0.1, 0.15) is 20.8 Å². The predicted molar refractivity (Wildman–Crippen MR) is 67.5 cm³/mol. The molecule has 1 unspecified atom stereocenters. The van der Waals surface area contributed by atoms with Gasteiger partial charge >= 0.3 is 0 Å². The smallest absolute Gasteiger partial charge is 0.163 e. The van der Waals surface area contributed by atoms with E-state index < -0.39 is 11.4 Å². The van der Waals surface area contributed by atoms with Crippen LogP contribution in [-0.2, 0) is 9.47 Å². The molecule has 100 valence electrons. The molecule has 2 rings (SSSR count). The van der Waals surface area contributed by atoms with Gasteiger partial charge in [0, 0.05) is 6.07 Å². The zero-order valence-corrected chi connectivity index (χ0v) is 10.9. The summed E-state index contributed by atoms with van der Waals surface area (Å²) >= 11 is 0. The van der Waals surface area contributed by atoms with Crippen molar-refractivity contribution in [1.82, 2.24) is 0 Å². The Labute approximate surface area is 106 Å². The molecule has 0 aromatic heterocycles. The fraction of sp³-hybridized carbons (Fsp3) is 0.538. The molecule has 1 aliphatic rings. The topological polar surface area (TPSA) is 73.9 Å². The highest BCUT2D eigenvalue weighted by atomic mass is 16.8. The summed E-state index contributed by atoms with van der Waals surface area (Å²) in [5.74, 6) is -0.0273. The summed E-state index contributed by atoms with van der Waals surface area (Å²) < 4.78 is 16.9. The van der Waals surface area contributed by atoms with E-state index in [1.807, 2.05) is 20.8 Å². The molecule has 1 atom stereocenters. The minimum absolute atomic E-state index is 0.119. The highest BCUT2D eigenvalue weighted by Crippen LogP contribution is 2.32. The molecule has 0 radical (unpaired) electrons. The molecule has 1 aliphatic heterocycles. The van der Waals surface area contributed by atoms with Crippen molar-refractivity contribution in [1.29, 1.82) is 0 Å². The number of benzene rings is 1. The van der Waals surface area contributed by atoms with Gasteiger partial charge in [-0.25, -0.2) is 0 Å². The number of hydrogen-bond acceptors (Lipinski definition) is 5. The van der Waals surface area contributed by atoms with Crippen molar-refractivity contribution in [3.05, 3.63) is 18.2 Å². The van der Waals surface area contributed by atoms with Crippen molar-refractivity contribution in [3.8, 4) is 11.5 Å². The quantitative estimate of drug-likeness (QED) is 0.635. The standard InChI is InChI=1S/C13H19NO4/c1-12(2)17-8-13(3,18-12)7-16-11-6-9(15)4-5-10(11)14/h4-6,15H,7-8,14H2,1-3H3. The maximum Gasteiger partial charge on any atom is 0.163 e. The van der Waals surface area contributed by atoms with Crippen molar-refractivity contribution < 1.29 is 19.3 Å². The third kappa shape index (κ3) is 2.86. The summed E-state index contributed by atoms with van der Waals surface area (Å²) in [6, 6.07) is 4.60. The Kier molecular flexibility index (Phi) is 3.12. The van der Waals surface area contributed by atoms with E-state index in [2.05, 4.69) is 0 Å². The van der Waals surface area contributed by atoms with E-state index in [0.717, 1.165) is 0 Å². The molecule has 5 nitrogen and oxygen atoms in total. The van der Waals surface area contributed by atoms with Crippen molar-refractivity contribution in [2.45, 2.75) is 32.2 Å². The molecular formula is C13H19NO4. The predicted octanol–water partition coefficient (Wildman–Crippen LogP) is 1.89. The molecule has 0 spiro atoms. The van der Waals surface area contributed by atoms with E-state index in [4.69, 9.17) is 19.9 Å². The van der Waals surface area contributed by atoms with Crippen LogP contribution < -0.4 is 10.5 Å². The maximum atomic E-state index is 9.39. The van der Waals surface area contributed by atoms with Gasteiger partial charge in [0.1, 0.15) is 23.7 Å². The number of nitrogen functional groups attached to an aromatic ring is 1. The number of anilines is 1. The lowest BCUT2D eigenvalue weighted by Gasteiger charge is -2.25. The first kappa shape index (κ1) is 13.0. The second-order valence-corrected chi connectivity index (χ2v) is 5.25. The summed E-state index contributed by atoms with van der Waals surface area (Å²) in [6.45, 7) is 6.41. The summed E-state index contributed by atoms with van der Waals surface area (Å²) in [4.78, 5) is 0. The summed E-state index contributed by atoms with van der Waals surface area (Å²) in [6.07, 6.45) is 0. The lowest BCUT2D eigenvalue weighted by molar-refractivity contribution is -0.162. The van der Waals surface area contributed by atoms with Gasteiger partial charge in [0.2, 0.25) is 0 Å². The van der Waals surface area contributed by atoms with Gasteiger partial charge in [-0.15, -0.1) is 0 Å². The molecule has 1 fully saturated rings. The summed E-state index contributed by atoms with van der Waals surface area (Å²) in [7, 11) is 0. The minimum Gasteiger partial charge on any atom is -0.508 e. The highest BCUT2D eigenvalue weighted by Gasteiger charge is 2.42. The Morgan fingerprint density at radius 3 is 2.72 bits per heavy atom. The van der Waals surface area contributed by atoms with Gasteiger partial charge < -0.3 is 25.1 Å². The number of nitrogens with two attached hydrogens (primary N) is 1. The van der Waals surface area contributed by atoms with Crippen LogP contribution in [0.25, 0.3) is 0 Å². The van der Waals surface area contributed by atoms with Crippen LogP contribution >= 0.6 is 0 Å². The molecule has 18 heavy (non-hydrogen) atoms. The Morgan fingerprint density at radius 2 is 2.11 bits per heavy atom. The second-order valence-electron chi connectivity index (χ2n) is 5.25. The number of phenolic OH excluding ortho intramolecular Hbond substituents is 1. The van der Waals surface area contributed by atoms with Crippen LogP contribution in [0.2, 0.25) is 0 Å². The first-order valence-corrected chi connectivity index (χ1v) is 5.85. The average molecular weight is 253 g/mol. The van der Waals surface area contributed by atoms with E-state index in [1.165, 1.54) is 12.1 Å². The summed E-state index contributed by atoms with van der Waals surface area (Å²) in [5, 5.41) is 9.39. The van der Waals surface area contributed by atoms with Gasteiger partial charge in [0.05, 0.1) is 12.3 Å². The number of aromatic hydroxyl groups is 1. The first-order chi connectivity index (χ1) is 8.30. The fourth-order valence-electron chi connectivity index (χ4n) is 1.93. The van der Waals surface area contributed by atoms with Crippen LogP contribution in [0, 0.1) is 0 Å². The zero-order chi connectivity index (χ0) is 13.4. The fourth-order valence-corrected chi connectivity index (χ4v) is 1.93. The maximum absolute atomic E-state index is 9.39. The molecule has 1 aromatic rings. The van der Waals surface area contributed by atoms with Gasteiger partial charge in [-0.1, -0.05) is 0 Å². The lowest BCUT2D eigenvalue weighted by atomic mass is 10.1. The average Bonchev–Trinajstić information content (AvgIpc) is 2.55. The number of ether oxygens (including phenoxy) is 3. The number of phenols is 1. The van der Waals surface area contributed by atoms with Gasteiger partial charge in [-0.05, 0) is 32.9 Å². The summed E-state index contributed by atoms with van der Waals surface area (Å²) in [5.41, 5.74) is 5.73. The molecule has 0 amide bonds. The Bertz CT molecular complexity index is 447. The normalized spacial score (nSPS) is 26.2. The molecule has 1 heterocycles. The van der Waals surface area contributed by atoms with E-state index in [1.54, 1.807) is 6.07 Å². The first-order valence-electron chi connectivity index (χ1n) is 5.85. The SMILES string of the molecule is CC1(COc2cc(O)ccc2N)COC(C)(C)O1.